The van der Waals surface area contributed by atoms with Crippen molar-refractivity contribution >= 4 is 11.7 Å². The van der Waals surface area contributed by atoms with E-state index in [0.29, 0.717) is 46.5 Å². The number of nitrogens with zero attached hydrogens (tertiary/aromatic N) is 3. The third-order valence-electron chi connectivity index (χ3n) is 6.45. The molecule has 9 nitrogen and oxygen atoms in total. The molecule has 12 heteroatoms. The number of alkyl halides is 3. The van der Waals surface area contributed by atoms with Crippen LogP contribution in [0.25, 0.3) is 0 Å². The Hall–Kier alpha value is -4.22. The molecule has 3 aromatic rings. The zero-order valence-corrected chi connectivity index (χ0v) is 20.1. The Morgan fingerprint density at radius 1 is 0.973 bits per heavy atom. The molecule has 0 radical (unpaired) electrons. The second-order valence-corrected chi connectivity index (χ2v) is 8.55. The van der Waals surface area contributed by atoms with E-state index in [0.717, 1.165) is 5.56 Å². The van der Waals surface area contributed by atoms with Crippen molar-refractivity contribution in [1.29, 1.82) is 0 Å². The number of hydrogen-bond acceptors (Lipinski definition) is 8. The number of rotatable bonds is 6. The SMILES string of the molecule is COc1cc(C2CC(=O)C3=C(C2)Nc2ncnn2C3c2ccc(OC(F)(F)F)cc2)cc(OC)c1OC. The predicted molar refractivity (Wildman–Crippen MR) is 125 cm³/mol. The van der Waals surface area contributed by atoms with Gasteiger partial charge in [0.15, 0.2) is 17.3 Å². The summed E-state index contributed by atoms with van der Waals surface area (Å²) in [6, 6.07) is 8.42. The topological polar surface area (TPSA) is 96.7 Å². The molecular weight excluding hydrogens is 493 g/mol. The van der Waals surface area contributed by atoms with E-state index in [1.165, 1.54) is 51.9 Å². The molecule has 0 fully saturated rings. The third-order valence-corrected chi connectivity index (χ3v) is 6.45. The van der Waals surface area contributed by atoms with E-state index in [-0.39, 0.29) is 23.9 Å². The molecule has 0 amide bonds. The van der Waals surface area contributed by atoms with E-state index in [2.05, 4.69) is 20.1 Å². The highest BCUT2D eigenvalue weighted by Crippen LogP contribution is 2.47. The summed E-state index contributed by atoms with van der Waals surface area (Å²) < 4.78 is 59.7. The molecule has 2 aliphatic rings. The molecule has 2 heterocycles. The Morgan fingerprint density at radius 2 is 1.65 bits per heavy atom. The number of halogens is 3. The van der Waals surface area contributed by atoms with Gasteiger partial charge in [0, 0.05) is 17.7 Å². The molecule has 37 heavy (non-hydrogen) atoms. The van der Waals surface area contributed by atoms with Crippen LogP contribution in [0.5, 0.6) is 23.0 Å². The Bertz CT molecular complexity index is 1340. The van der Waals surface area contributed by atoms with Crippen molar-refractivity contribution in [2.24, 2.45) is 0 Å². The summed E-state index contributed by atoms with van der Waals surface area (Å²) in [7, 11) is 4.57. The molecule has 1 aliphatic carbocycles. The van der Waals surface area contributed by atoms with Crippen molar-refractivity contribution in [1.82, 2.24) is 14.8 Å². The lowest BCUT2D eigenvalue weighted by atomic mass is 9.77. The average Bonchev–Trinajstić information content (AvgIpc) is 3.34. The number of nitrogens with one attached hydrogen (secondary N) is 1. The van der Waals surface area contributed by atoms with E-state index >= 15 is 0 Å². The highest BCUT2D eigenvalue weighted by molar-refractivity contribution is 6.00. The van der Waals surface area contributed by atoms with E-state index < -0.39 is 12.4 Å². The monoisotopic (exact) mass is 516 g/mol. The Morgan fingerprint density at radius 3 is 2.24 bits per heavy atom. The Labute approximate surface area is 209 Å². The lowest BCUT2D eigenvalue weighted by Crippen LogP contribution is -2.33. The Kier molecular flexibility index (Phi) is 6.18. The summed E-state index contributed by atoms with van der Waals surface area (Å²) in [6.45, 7) is 0. The van der Waals surface area contributed by atoms with Crippen LogP contribution in [0.15, 0.2) is 54.0 Å². The quantitative estimate of drug-likeness (QED) is 0.507. The van der Waals surface area contributed by atoms with Gasteiger partial charge in [0.2, 0.25) is 11.7 Å². The normalized spacial score (nSPS) is 19.0. The number of fused-ring (bicyclic) bond motifs is 1. The zero-order chi connectivity index (χ0) is 26.3. The molecule has 194 valence electrons. The van der Waals surface area contributed by atoms with Gasteiger partial charge in [0.1, 0.15) is 18.1 Å². The predicted octanol–water partition coefficient (Wildman–Crippen LogP) is 4.62. The highest BCUT2D eigenvalue weighted by Gasteiger charge is 2.40. The molecule has 5 rings (SSSR count). The lowest BCUT2D eigenvalue weighted by Gasteiger charge is -2.35. The number of ketones is 1. The van der Waals surface area contributed by atoms with Gasteiger partial charge >= 0.3 is 6.36 Å². The molecule has 2 unspecified atom stereocenters. The van der Waals surface area contributed by atoms with Crippen LogP contribution in [0.4, 0.5) is 19.1 Å². The second-order valence-electron chi connectivity index (χ2n) is 8.55. The number of allylic oxidation sites excluding steroid dienone is 2. The van der Waals surface area contributed by atoms with Crippen LogP contribution in [-0.4, -0.2) is 48.2 Å². The first-order valence-corrected chi connectivity index (χ1v) is 11.3. The van der Waals surface area contributed by atoms with Crippen LogP contribution >= 0.6 is 0 Å². The fourth-order valence-corrected chi connectivity index (χ4v) is 4.88. The van der Waals surface area contributed by atoms with Crippen molar-refractivity contribution < 1.29 is 36.9 Å². The van der Waals surface area contributed by atoms with Crippen LogP contribution in [-0.2, 0) is 4.79 Å². The van der Waals surface area contributed by atoms with Gasteiger partial charge in [-0.15, -0.1) is 13.2 Å². The first-order valence-electron chi connectivity index (χ1n) is 11.3. The molecule has 0 bridgehead atoms. The third kappa shape index (κ3) is 4.54. The maximum absolute atomic E-state index is 13.6. The van der Waals surface area contributed by atoms with Crippen LogP contribution in [0.1, 0.15) is 35.9 Å². The number of ether oxygens (including phenoxy) is 4. The van der Waals surface area contributed by atoms with E-state index in [4.69, 9.17) is 14.2 Å². The van der Waals surface area contributed by atoms with Gasteiger partial charge in [-0.2, -0.15) is 10.1 Å². The fourth-order valence-electron chi connectivity index (χ4n) is 4.88. The lowest BCUT2D eigenvalue weighted by molar-refractivity contribution is -0.274. The summed E-state index contributed by atoms with van der Waals surface area (Å²) in [5.41, 5.74) is 2.59. The van der Waals surface area contributed by atoms with Crippen LogP contribution < -0.4 is 24.3 Å². The van der Waals surface area contributed by atoms with Gasteiger partial charge in [0.25, 0.3) is 0 Å². The summed E-state index contributed by atoms with van der Waals surface area (Å²) in [4.78, 5) is 17.8. The van der Waals surface area contributed by atoms with Gasteiger partial charge in [0.05, 0.1) is 21.3 Å². The number of anilines is 1. The molecule has 2 atom stereocenters. The van der Waals surface area contributed by atoms with Crippen LogP contribution in [0, 0.1) is 0 Å². The number of methoxy groups -OCH3 is 3. The zero-order valence-electron chi connectivity index (χ0n) is 20.1. The van der Waals surface area contributed by atoms with Gasteiger partial charge in [-0.1, -0.05) is 12.1 Å². The van der Waals surface area contributed by atoms with Gasteiger partial charge in [-0.05, 0) is 47.7 Å². The summed E-state index contributed by atoms with van der Waals surface area (Å²) >= 11 is 0. The minimum absolute atomic E-state index is 0.116. The molecule has 0 spiro atoms. The van der Waals surface area contributed by atoms with Gasteiger partial charge in [-0.25, -0.2) is 4.68 Å². The summed E-state index contributed by atoms with van der Waals surface area (Å²) in [5.74, 6) is 1.20. The maximum Gasteiger partial charge on any atom is 0.573 e. The molecule has 0 saturated heterocycles. The summed E-state index contributed by atoms with van der Waals surface area (Å²) in [6.07, 6.45) is -2.75. The number of carbonyl (C=O) groups excluding carboxylic acids is 1. The Balaban J connectivity index is 1.52. The van der Waals surface area contributed by atoms with Crippen molar-refractivity contribution in [3.8, 4) is 23.0 Å². The number of aromatic nitrogens is 3. The number of benzene rings is 2. The maximum atomic E-state index is 13.6. The standard InChI is InChI=1S/C25H23F3N4O5/c1-34-19-10-15(11-20(35-2)23(19)36-3)14-8-17-21(18(33)9-14)22(32-24(31-17)29-12-30-32)13-4-6-16(7-5-13)37-25(26,27)28/h4-7,10-12,14,22H,8-9H2,1-3H3,(H,29,30,31). The number of carbonyl (C=O) groups is 1. The molecular formula is C25H23F3N4O5. The number of Topliss-reactive ketones (excluding diaryl/α,β-unsaturated/α-hetero) is 1. The molecule has 0 saturated carbocycles. The van der Waals surface area contributed by atoms with E-state index in [1.54, 1.807) is 4.68 Å². The van der Waals surface area contributed by atoms with Crippen LogP contribution in [0.3, 0.4) is 0 Å². The van der Waals surface area contributed by atoms with E-state index in [9.17, 15) is 18.0 Å². The fraction of sp³-hybridized carbons (Fsp3) is 0.320. The first-order chi connectivity index (χ1) is 17.7. The molecule has 2 aromatic carbocycles. The van der Waals surface area contributed by atoms with E-state index in [1.807, 2.05) is 12.1 Å². The van der Waals surface area contributed by atoms with Crippen molar-refractivity contribution in [2.45, 2.75) is 31.2 Å². The minimum Gasteiger partial charge on any atom is -0.493 e. The van der Waals surface area contributed by atoms with Gasteiger partial charge in [-0.3, -0.25) is 4.79 Å². The van der Waals surface area contributed by atoms with Crippen LogP contribution in [0.2, 0.25) is 0 Å². The number of hydrogen-bond donors (Lipinski definition) is 1. The largest absolute Gasteiger partial charge is 0.573 e. The second kappa shape index (κ2) is 9.34. The van der Waals surface area contributed by atoms with Gasteiger partial charge < -0.3 is 24.3 Å². The molecule has 1 aromatic heterocycles. The van der Waals surface area contributed by atoms with Crippen molar-refractivity contribution in [3.05, 3.63) is 65.1 Å². The average molecular weight is 516 g/mol. The van der Waals surface area contributed by atoms with Crippen molar-refractivity contribution in [2.75, 3.05) is 26.6 Å². The van der Waals surface area contributed by atoms with Crippen molar-refractivity contribution in [3.63, 3.8) is 0 Å². The minimum atomic E-state index is -4.80. The first kappa shape index (κ1) is 24.5. The molecule has 1 aliphatic heterocycles. The highest BCUT2D eigenvalue weighted by atomic mass is 19.4. The molecule has 1 N–H and O–H groups in total. The summed E-state index contributed by atoms with van der Waals surface area (Å²) in [5, 5.41) is 7.48. The smallest absolute Gasteiger partial charge is 0.493 e.